The molecule has 1 aromatic carbocycles. The number of hydrogen-bond acceptors (Lipinski definition) is 2. The Bertz CT molecular complexity index is 513. The molecule has 2 atom stereocenters. The van der Waals surface area contributed by atoms with Crippen molar-refractivity contribution in [3.05, 3.63) is 64.9 Å². The first kappa shape index (κ1) is 14.0. The maximum Gasteiger partial charge on any atom is 0.0570 e. The number of hydrogen-bond donors (Lipinski definition) is 1. The summed E-state index contributed by atoms with van der Waals surface area (Å²) in [7, 11) is 0. The van der Waals surface area contributed by atoms with Gasteiger partial charge in [-0.1, -0.05) is 36.7 Å². The third-order valence-electron chi connectivity index (χ3n) is 3.24. The van der Waals surface area contributed by atoms with Gasteiger partial charge in [0.25, 0.3) is 0 Å². The van der Waals surface area contributed by atoms with Crippen LogP contribution in [0.25, 0.3) is 0 Å². The molecule has 0 aliphatic carbocycles. The van der Waals surface area contributed by atoms with E-state index < -0.39 is 0 Å². The summed E-state index contributed by atoms with van der Waals surface area (Å²) in [4.78, 5) is 4.39. The Kier molecular flexibility index (Phi) is 4.94. The zero-order valence-corrected chi connectivity index (χ0v) is 12.1. The van der Waals surface area contributed by atoms with E-state index in [9.17, 15) is 0 Å². The van der Waals surface area contributed by atoms with Gasteiger partial charge in [0, 0.05) is 23.3 Å². The minimum absolute atomic E-state index is 0.213. The molecule has 3 heteroatoms. The quantitative estimate of drug-likeness (QED) is 0.866. The maximum absolute atomic E-state index is 6.06. The van der Waals surface area contributed by atoms with E-state index in [1.807, 2.05) is 42.6 Å². The Morgan fingerprint density at radius 3 is 2.68 bits per heavy atom. The maximum atomic E-state index is 6.06. The Morgan fingerprint density at radius 2 is 2.05 bits per heavy atom. The predicted octanol–water partition coefficient (Wildman–Crippen LogP) is 4.54. The van der Waals surface area contributed by atoms with Gasteiger partial charge in [0.1, 0.15) is 0 Å². The van der Waals surface area contributed by atoms with E-state index in [0.717, 1.165) is 17.1 Å². The summed E-state index contributed by atoms with van der Waals surface area (Å²) in [6.45, 7) is 4.30. The molecule has 0 spiro atoms. The SMILES string of the molecule is CCC(NC(C)c1ccccn1)c1cccc(Cl)c1. The lowest BCUT2D eigenvalue weighted by Gasteiger charge is -2.22. The van der Waals surface area contributed by atoms with Crippen molar-refractivity contribution < 1.29 is 0 Å². The van der Waals surface area contributed by atoms with Gasteiger partial charge in [-0.15, -0.1) is 0 Å². The summed E-state index contributed by atoms with van der Waals surface area (Å²) in [5.74, 6) is 0. The lowest BCUT2D eigenvalue weighted by molar-refractivity contribution is 0.450. The molecule has 0 fully saturated rings. The Balaban J connectivity index is 2.11. The summed E-state index contributed by atoms with van der Waals surface area (Å²) in [6.07, 6.45) is 2.84. The molecule has 1 N–H and O–H groups in total. The summed E-state index contributed by atoms with van der Waals surface area (Å²) < 4.78 is 0. The molecule has 1 heterocycles. The summed E-state index contributed by atoms with van der Waals surface area (Å²) in [5.41, 5.74) is 2.28. The number of rotatable bonds is 5. The number of halogens is 1. The summed E-state index contributed by atoms with van der Waals surface area (Å²) in [6, 6.07) is 14.5. The topological polar surface area (TPSA) is 24.9 Å². The number of aromatic nitrogens is 1. The third-order valence-corrected chi connectivity index (χ3v) is 3.48. The second-order valence-electron chi connectivity index (χ2n) is 4.66. The van der Waals surface area contributed by atoms with Crippen molar-refractivity contribution in [3.63, 3.8) is 0 Å². The van der Waals surface area contributed by atoms with Crippen molar-refractivity contribution in [2.45, 2.75) is 32.4 Å². The monoisotopic (exact) mass is 274 g/mol. The van der Waals surface area contributed by atoms with Crippen molar-refractivity contribution in [3.8, 4) is 0 Å². The summed E-state index contributed by atoms with van der Waals surface area (Å²) >= 11 is 6.06. The van der Waals surface area contributed by atoms with Crippen LogP contribution in [0.2, 0.25) is 5.02 Å². The van der Waals surface area contributed by atoms with Gasteiger partial charge in [-0.25, -0.2) is 0 Å². The van der Waals surface area contributed by atoms with Gasteiger partial charge in [-0.05, 0) is 43.2 Å². The van der Waals surface area contributed by atoms with Crippen LogP contribution < -0.4 is 5.32 Å². The molecule has 2 unspecified atom stereocenters. The number of nitrogens with one attached hydrogen (secondary N) is 1. The van der Waals surface area contributed by atoms with Gasteiger partial charge in [-0.2, -0.15) is 0 Å². The van der Waals surface area contributed by atoms with Gasteiger partial charge in [0.05, 0.1) is 5.69 Å². The van der Waals surface area contributed by atoms with Crippen LogP contribution in [0.5, 0.6) is 0 Å². The minimum atomic E-state index is 0.213. The van der Waals surface area contributed by atoms with Crippen LogP contribution in [0.15, 0.2) is 48.7 Å². The number of nitrogens with zero attached hydrogens (tertiary/aromatic N) is 1. The van der Waals surface area contributed by atoms with Crippen molar-refractivity contribution in [1.82, 2.24) is 10.3 Å². The standard InChI is InChI=1S/C16H19ClN2/c1-3-15(13-7-6-8-14(17)11-13)19-12(2)16-9-4-5-10-18-16/h4-12,15,19H,3H2,1-2H3. The molecule has 100 valence electrons. The van der Waals surface area contributed by atoms with Crippen LogP contribution in [0.3, 0.4) is 0 Å². The van der Waals surface area contributed by atoms with Gasteiger partial charge >= 0.3 is 0 Å². The fraction of sp³-hybridized carbons (Fsp3) is 0.312. The van der Waals surface area contributed by atoms with Gasteiger partial charge in [0.2, 0.25) is 0 Å². The third kappa shape index (κ3) is 3.79. The second kappa shape index (κ2) is 6.69. The highest BCUT2D eigenvalue weighted by Gasteiger charge is 2.14. The largest absolute Gasteiger partial charge is 0.302 e. The van der Waals surface area contributed by atoms with Crippen LogP contribution >= 0.6 is 11.6 Å². The lowest BCUT2D eigenvalue weighted by atomic mass is 10.0. The van der Waals surface area contributed by atoms with E-state index in [-0.39, 0.29) is 12.1 Å². The highest BCUT2D eigenvalue weighted by molar-refractivity contribution is 6.30. The first-order valence-corrected chi connectivity index (χ1v) is 7.01. The van der Waals surface area contributed by atoms with Crippen LogP contribution in [0.1, 0.15) is 43.6 Å². The minimum Gasteiger partial charge on any atom is -0.302 e. The average molecular weight is 275 g/mol. The van der Waals surface area contributed by atoms with Crippen LogP contribution in [0, 0.1) is 0 Å². The highest BCUT2D eigenvalue weighted by atomic mass is 35.5. The van der Waals surface area contributed by atoms with Crippen molar-refractivity contribution in [2.24, 2.45) is 0 Å². The summed E-state index contributed by atoms with van der Waals surface area (Å²) in [5, 5.41) is 4.39. The Morgan fingerprint density at radius 1 is 1.21 bits per heavy atom. The zero-order chi connectivity index (χ0) is 13.7. The molecule has 0 saturated heterocycles. The van der Waals surface area contributed by atoms with E-state index >= 15 is 0 Å². The van der Waals surface area contributed by atoms with Crippen molar-refractivity contribution in [1.29, 1.82) is 0 Å². The molecular formula is C16H19ClN2. The average Bonchev–Trinajstić information content (AvgIpc) is 2.45. The van der Waals surface area contributed by atoms with Crippen molar-refractivity contribution in [2.75, 3.05) is 0 Å². The number of benzene rings is 1. The number of pyridine rings is 1. The molecule has 2 aromatic rings. The molecule has 0 radical (unpaired) electrons. The van der Waals surface area contributed by atoms with Gasteiger partial charge < -0.3 is 5.32 Å². The lowest BCUT2D eigenvalue weighted by Crippen LogP contribution is -2.24. The molecule has 0 bridgehead atoms. The Hall–Kier alpha value is -1.38. The van der Waals surface area contributed by atoms with E-state index in [1.54, 1.807) is 0 Å². The fourth-order valence-corrected chi connectivity index (χ4v) is 2.39. The highest BCUT2D eigenvalue weighted by Crippen LogP contribution is 2.23. The Labute approximate surface area is 119 Å². The van der Waals surface area contributed by atoms with Crippen LogP contribution in [-0.2, 0) is 0 Å². The molecule has 0 saturated carbocycles. The first-order chi connectivity index (χ1) is 9.20. The molecule has 1 aromatic heterocycles. The molecule has 2 nitrogen and oxygen atoms in total. The predicted molar refractivity (Wildman–Crippen MR) is 80.3 cm³/mol. The second-order valence-corrected chi connectivity index (χ2v) is 5.10. The normalized spacial score (nSPS) is 14.1. The smallest absolute Gasteiger partial charge is 0.0570 e. The van der Waals surface area contributed by atoms with E-state index in [1.165, 1.54) is 5.56 Å². The van der Waals surface area contributed by atoms with E-state index in [4.69, 9.17) is 11.6 Å². The molecule has 19 heavy (non-hydrogen) atoms. The molecule has 0 aliphatic rings. The van der Waals surface area contributed by atoms with E-state index in [0.29, 0.717) is 0 Å². The molecular weight excluding hydrogens is 256 g/mol. The van der Waals surface area contributed by atoms with Crippen LogP contribution in [0.4, 0.5) is 0 Å². The van der Waals surface area contributed by atoms with Gasteiger partial charge in [0.15, 0.2) is 0 Å². The zero-order valence-electron chi connectivity index (χ0n) is 11.3. The molecule has 2 rings (SSSR count). The fourth-order valence-electron chi connectivity index (χ4n) is 2.19. The van der Waals surface area contributed by atoms with Gasteiger partial charge in [-0.3, -0.25) is 4.98 Å². The molecule has 0 amide bonds. The molecule has 0 aliphatic heterocycles. The van der Waals surface area contributed by atoms with E-state index in [2.05, 4.69) is 30.2 Å². The van der Waals surface area contributed by atoms with Crippen molar-refractivity contribution >= 4 is 11.6 Å². The van der Waals surface area contributed by atoms with Crippen LogP contribution in [-0.4, -0.2) is 4.98 Å². The first-order valence-electron chi connectivity index (χ1n) is 6.63.